The van der Waals surface area contributed by atoms with E-state index in [1.54, 1.807) is 0 Å². The summed E-state index contributed by atoms with van der Waals surface area (Å²) in [7, 11) is 0. The first-order chi connectivity index (χ1) is 10.9. The van der Waals surface area contributed by atoms with Gasteiger partial charge in [0.2, 0.25) is 0 Å². The van der Waals surface area contributed by atoms with Gasteiger partial charge in [-0.15, -0.1) is 0 Å². The summed E-state index contributed by atoms with van der Waals surface area (Å²) in [6, 6.07) is 16.7. The SMILES string of the molecule is CC(=O)O[C@H]1c2cc(C)ccc2N[C@H](c2ccccc2)C1(C)C. The molecule has 120 valence electrons. The zero-order chi connectivity index (χ0) is 16.6. The zero-order valence-corrected chi connectivity index (χ0v) is 14.1. The van der Waals surface area contributed by atoms with Gasteiger partial charge in [0.1, 0.15) is 6.10 Å². The van der Waals surface area contributed by atoms with Crippen LogP contribution in [0.1, 0.15) is 49.6 Å². The molecule has 0 saturated heterocycles. The molecule has 2 aromatic rings. The van der Waals surface area contributed by atoms with Gasteiger partial charge in [0.05, 0.1) is 6.04 Å². The number of hydrogen-bond acceptors (Lipinski definition) is 3. The van der Waals surface area contributed by atoms with E-state index in [4.69, 9.17) is 4.74 Å². The van der Waals surface area contributed by atoms with Crippen molar-refractivity contribution in [2.75, 3.05) is 5.32 Å². The Kier molecular flexibility index (Phi) is 3.88. The average molecular weight is 309 g/mol. The van der Waals surface area contributed by atoms with Gasteiger partial charge in [-0.2, -0.15) is 0 Å². The predicted octanol–water partition coefficient (Wildman–Crippen LogP) is 4.79. The second-order valence-electron chi connectivity index (χ2n) is 6.89. The second-order valence-corrected chi connectivity index (χ2v) is 6.89. The number of carbonyl (C=O) groups is 1. The number of esters is 1. The monoisotopic (exact) mass is 309 g/mol. The number of nitrogens with one attached hydrogen (secondary N) is 1. The van der Waals surface area contributed by atoms with Crippen LogP contribution in [0.5, 0.6) is 0 Å². The van der Waals surface area contributed by atoms with Crippen molar-refractivity contribution in [3.8, 4) is 0 Å². The van der Waals surface area contributed by atoms with Crippen molar-refractivity contribution in [3.05, 3.63) is 65.2 Å². The van der Waals surface area contributed by atoms with E-state index in [1.165, 1.54) is 12.5 Å². The lowest BCUT2D eigenvalue weighted by Crippen LogP contribution is -2.40. The van der Waals surface area contributed by atoms with E-state index in [0.29, 0.717) is 0 Å². The van der Waals surface area contributed by atoms with Gasteiger partial charge >= 0.3 is 5.97 Å². The Morgan fingerprint density at radius 1 is 1.13 bits per heavy atom. The van der Waals surface area contributed by atoms with Crippen LogP contribution < -0.4 is 5.32 Å². The highest BCUT2D eigenvalue weighted by atomic mass is 16.5. The Hall–Kier alpha value is -2.29. The van der Waals surface area contributed by atoms with Crippen molar-refractivity contribution in [2.45, 2.75) is 39.8 Å². The Morgan fingerprint density at radius 2 is 1.83 bits per heavy atom. The molecular formula is C20H23NO2. The van der Waals surface area contributed by atoms with Gasteiger partial charge in [-0.05, 0) is 18.6 Å². The molecule has 2 aromatic carbocycles. The lowest BCUT2D eigenvalue weighted by molar-refractivity contribution is -0.154. The van der Waals surface area contributed by atoms with Crippen LogP contribution in [-0.4, -0.2) is 5.97 Å². The van der Waals surface area contributed by atoms with Crippen LogP contribution in [0.2, 0.25) is 0 Å². The molecule has 0 aliphatic carbocycles. The van der Waals surface area contributed by atoms with Crippen LogP contribution in [0.15, 0.2) is 48.5 Å². The maximum absolute atomic E-state index is 11.7. The standard InChI is InChI=1S/C20H23NO2/c1-13-10-11-17-16(12-13)19(23-14(2)22)20(3,4)18(21-17)15-8-6-5-7-9-15/h5-12,18-19,21H,1-4H3/t18-,19+/m1/s1. The Balaban J connectivity index is 2.12. The van der Waals surface area contributed by atoms with E-state index in [1.807, 2.05) is 18.2 Å². The Bertz CT molecular complexity index is 722. The number of hydrogen-bond donors (Lipinski definition) is 1. The number of ether oxygens (including phenoxy) is 1. The normalized spacial score (nSPS) is 21.9. The number of benzene rings is 2. The van der Waals surface area contributed by atoms with E-state index in [9.17, 15) is 4.79 Å². The van der Waals surface area contributed by atoms with Crippen molar-refractivity contribution in [3.63, 3.8) is 0 Å². The topological polar surface area (TPSA) is 38.3 Å². The molecule has 0 fully saturated rings. The van der Waals surface area contributed by atoms with Crippen molar-refractivity contribution >= 4 is 11.7 Å². The van der Waals surface area contributed by atoms with Crippen molar-refractivity contribution in [2.24, 2.45) is 5.41 Å². The molecule has 0 aromatic heterocycles. The van der Waals surface area contributed by atoms with Crippen LogP contribution in [0, 0.1) is 12.3 Å². The smallest absolute Gasteiger partial charge is 0.303 e. The summed E-state index contributed by atoms with van der Waals surface area (Å²) < 4.78 is 5.76. The third-order valence-corrected chi connectivity index (χ3v) is 4.63. The molecule has 1 aliphatic heterocycles. The molecule has 0 radical (unpaired) electrons. The third kappa shape index (κ3) is 2.83. The molecule has 0 spiro atoms. The molecule has 1 aliphatic rings. The van der Waals surface area contributed by atoms with Crippen molar-refractivity contribution in [1.82, 2.24) is 0 Å². The summed E-state index contributed by atoms with van der Waals surface area (Å²) in [5, 5.41) is 3.64. The highest BCUT2D eigenvalue weighted by molar-refractivity contribution is 5.68. The van der Waals surface area contributed by atoms with Crippen LogP contribution >= 0.6 is 0 Å². The highest BCUT2D eigenvalue weighted by Crippen LogP contribution is 2.53. The number of aryl methyl sites for hydroxylation is 1. The first-order valence-corrected chi connectivity index (χ1v) is 7.99. The molecule has 1 heterocycles. The fourth-order valence-electron chi connectivity index (χ4n) is 3.46. The maximum Gasteiger partial charge on any atom is 0.303 e. The van der Waals surface area contributed by atoms with Gasteiger partial charge in [0, 0.05) is 23.6 Å². The van der Waals surface area contributed by atoms with Crippen LogP contribution in [0.4, 0.5) is 5.69 Å². The lowest BCUT2D eigenvalue weighted by atomic mass is 9.70. The Labute approximate surface area is 137 Å². The maximum atomic E-state index is 11.7. The molecule has 0 unspecified atom stereocenters. The summed E-state index contributed by atoms with van der Waals surface area (Å²) >= 11 is 0. The van der Waals surface area contributed by atoms with Gasteiger partial charge in [-0.25, -0.2) is 0 Å². The molecule has 0 bridgehead atoms. The summed E-state index contributed by atoms with van der Waals surface area (Å²) in [4.78, 5) is 11.7. The quantitative estimate of drug-likeness (QED) is 0.810. The number of fused-ring (bicyclic) bond motifs is 1. The van der Waals surface area contributed by atoms with E-state index in [2.05, 4.69) is 56.4 Å². The van der Waals surface area contributed by atoms with Gasteiger partial charge in [-0.1, -0.05) is 61.9 Å². The summed E-state index contributed by atoms with van der Waals surface area (Å²) in [6.45, 7) is 7.83. The lowest BCUT2D eigenvalue weighted by Gasteiger charge is -2.46. The van der Waals surface area contributed by atoms with Gasteiger partial charge in [-0.3, -0.25) is 4.79 Å². The molecule has 0 amide bonds. The number of anilines is 1. The Morgan fingerprint density at radius 3 is 2.48 bits per heavy atom. The molecule has 3 nitrogen and oxygen atoms in total. The molecule has 0 saturated carbocycles. The van der Waals surface area contributed by atoms with Crippen LogP contribution in [0.3, 0.4) is 0 Å². The first-order valence-electron chi connectivity index (χ1n) is 7.99. The minimum absolute atomic E-state index is 0.0725. The number of rotatable bonds is 2. The minimum atomic E-state index is -0.277. The predicted molar refractivity (Wildman–Crippen MR) is 92.3 cm³/mol. The van der Waals surface area contributed by atoms with Gasteiger partial charge in [0.25, 0.3) is 0 Å². The second kappa shape index (κ2) is 5.73. The van der Waals surface area contributed by atoms with E-state index >= 15 is 0 Å². The first kappa shape index (κ1) is 15.6. The fourth-order valence-corrected chi connectivity index (χ4v) is 3.46. The molecule has 23 heavy (non-hydrogen) atoms. The van der Waals surface area contributed by atoms with E-state index < -0.39 is 0 Å². The molecule has 1 N–H and O–H groups in total. The highest BCUT2D eigenvalue weighted by Gasteiger charge is 2.45. The van der Waals surface area contributed by atoms with Gasteiger partial charge in [0.15, 0.2) is 0 Å². The fraction of sp³-hybridized carbons (Fsp3) is 0.350. The zero-order valence-electron chi connectivity index (χ0n) is 14.1. The van der Waals surface area contributed by atoms with Crippen molar-refractivity contribution < 1.29 is 9.53 Å². The average Bonchev–Trinajstić information content (AvgIpc) is 2.51. The van der Waals surface area contributed by atoms with Gasteiger partial charge < -0.3 is 10.1 Å². The van der Waals surface area contributed by atoms with E-state index in [0.717, 1.165) is 16.8 Å². The molecule has 2 atom stereocenters. The van der Waals surface area contributed by atoms with Crippen LogP contribution in [0.25, 0.3) is 0 Å². The van der Waals surface area contributed by atoms with E-state index in [-0.39, 0.29) is 23.5 Å². The number of carbonyl (C=O) groups excluding carboxylic acids is 1. The summed E-state index contributed by atoms with van der Waals surface area (Å²) in [5.74, 6) is -0.246. The minimum Gasteiger partial charge on any atom is -0.457 e. The largest absolute Gasteiger partial charge is 0.457 e. The summed E-state index contributed by atoms with van der Waals surface area (Å²) in [6.07, 6.45) is -0.277. The molecular weight excluding hydrogens is 286 g/mol. The van der Waals surface area contributed by atoms with Crippen LogP contribution in [-0.2, 0) is 9.53 Å². The molecule has 3 rings (SSSR count). The summed E-state index contributed by atoms with van der Waals surface area (Å²) in [5.41, 5.74) is 4.18. The third-order valence-electron chi connectivity index (χ3n) is 4.63. The van der Waals surface area contributed by atoms with Crippen molar-refractivity contribution in [1.29, 1.82) is 0 Å². The molecule has 3 heteroatoms.